The van der Waals surface area contributed by atoms with Gasteiger partial charge in [0.15, 0.2) is 0 Å². The second-order valence-corrected chi connectivity index (χ2v) is 6.24. The van der Waals surface area contributed by atoms with Crippen molar-refractivity contribution in [3.63, 3.8) is 0 Å². The number of carbonyl (C=O) groups is 1. The molecule has 0 atom stereocenters. The highest BCUT2D eigenvalue weighted by Gasteiger charge is 2.18. The lowest BCUT2D eigenvalue weighted by atomic mass is 10.2. The van der Waals surface area contributed by atoms with Crippen molar-refractivity contribution in [1.29, 1.82) is 0 Å². The number of benzene rings is 1. The van der Waals surface area contributed by atoms with Gasteiger partial charge in [-0.2, -0.15) is 0 Å². The van der Waals surface area contributed by atoms with Crippen molar-refractivity contribution in [3.8, 4) is 0 Å². The van der Waals surface area contributed by atoms with Gasteiger partial charge in [-0.3, -0.25) is 9.69 Å². The molecule has 1 fully saturated rings. The van der Waals surface area contributed by atoms with E-state index >= 15 is 0 Å². The molecule has 5 nitrogen and oxygen atoms in total. The molecule has 0 bridgehead atoms. The molecule has 0 saturated carbocycles. The van der Waals surface area contributed by atoms with Crippen LogP contribution in [0.1, 0.15) is 12.0 Å². The Morgan fingerprint density at radius 3 is 2.74 bits per heavy atom. The summed E-state index contributed by atoms with van der Waals surface area (Å²) in [5.74, 6) is 0.175. The van der Waals surface area contributed by atoms with Gasteiger partial charge >= 0.3 is 0 Å². The van der Waals surface area contributed by atoms with Crippen LogP contribution in [0.3, 0.4) is 0 Å². The van der Waals surface area contributed by atoms with Gasteiger partial charge in [0.05, 0.1) is 13.2 Å². The summed E-state index contributed by atoms with van der Waals surface area (Å²) in [4.78, 5) is 16.6. The summed E-state index contributed by atoms with van der Waals surface area (Å²) < 4.78 is 4.96. The van der Waals surface area contributed by atoms with Crippen LogP contribution < -0.4 is 5.32 Å². The predicted molar refractivity (Wildman–Crippen MR) is 92.7 cm³/mol. The van der Waals surface area contributed by atoms with Crippen molar-refractivity contribution in [1.82, 2.24) is 15.1 Å². The van der Waals surface area contributed by atoms with Gasteiger partial charge in [-0.05, 0) is 24.1 Å². The van der Waals surface area contributed by atoms with Gasteiger partial charge in [-0.25, -0.2) is 0 Å². The zero-order chi connectivity index (χ0) is 16.5. The largest absolute Gasteiger partial charge is 0.383 e. The molecule has 1 aromatic rings. The van der Waals surface area contributed by atoms with Crippen molar-refractivity contribution >= 4 is 17.5 Å². The van der Waals surface area contributed by atoms with E-state index in [1.807, 2.05) is 17.0 Å². The van der Waals surface area contributed by atoms with Gasteiger partial charge in [0, 0.05) is 51.4 Å². The van der Waals surface area contributed by atoms with Crippen LogP contribution in [0.15, 0.2) is 24.3 Å². The minimum absolute atomic E-state index is 0.175. The van der Waals surface area contributed by atoms with E-state index in [4.69, 9.17) is 16.3 Å². The minimum atomic E-state index is 0.175. The number of nitrogens with one attached hydrogen (secondary N) is 1. The average molecular weight is 340 g/mol. The minimum Gasteiger partial charge on any atom is -0.383 e. The number of hydrogen-bond acceptors (Lipinski definition) is 4. The summed E-state index contributed by atoms with van der Waals surface area (Å²) in [5, 5.41) is 3.88. The van der Waals surface area contributed by atoms with Crippen LogP contribution in [-0.4, -0.2) is 68.7 Å². The van der Waals surface area contributed by atoms with E-state index in [1.54, 1.807) is 7.11 Å². The van der Waals surface area contributed by atoms with Crippen LogP contribution in [0, 0.1) is 0 Å². The Kier molecular flexibility index (Phi) is 7.82. The molecule has 128 valence electrons. The lowest BCUT2D eigenvalue weighted by Gasteiger charge is -2.22. The monoisotopic (exact) mass is 339 g/mol. The molecule has 1 aliphatic heterocycles. The molecule has 1 aromatic carbocycles. The molecule has 1 N–H and O–H groups in total. The van der Waals surface area contributed by atoms with Gasteiger partial charge < -0.3 is 15.0 Å². The Hall–Kier alpha value is -1.14. The highest BCUT2D eigenvalue weighted by atomic mass is 35.5. The zero-order valence-corrected chi connectivity index (χ0v) is 14.5. The quantitative estimate of drug-likeness (QED) is 0.767. The van der Waals surface area contributed by atoms with Crippen molar-refractivity contribution in [2.24, 2.45) is 0 Å². The second kappa shape index (κ2) is 9.88. The van der Waals surface area contributed by atoms with E-state index in [0.717, 1.165) is 44.2 Å². The third-order valence-corrected chi connectivity index (χ3v) is 4.27. The number of amides is 1. The molecule has 23 heavy (non-hydrogen) atoms. The molecule has 1 saturated heterocycles. The third-order valence-electron chi connectivity index (χ3n) is 4.02. The lowest BCUT2D eigenvalue weighted by molar-refractivity contribution is -0.130. The predicted octanol–water partition coefficient (Wildman–Crippen LogP) is 1.61. The van der Waals surface area contributed by atoms with Crippen LogP contribution >= 0.6 is 11.6 Å². The molecule has 6 heteroatoms. The van der Waals surface area contributed by atoms with Crippen LogP contribution in [0.2, 0.25) is 5.02 Å². The summed E-state index contributed by atoms with van der Waals surface area (Å²) >= 11 is 5.92. The summed E-state index contributed by atoms with van der Waals surface area (Å²) in [5.41, 5.74) is 1.26. The summed E-state index contributed by atoms with van der Waals surface area (Å²) in [7, 11) is 1.66. The molecule has 0 aromatic heterocycles. The molecule has 0 radical (unpaired) electrons. The van der Waals surface area contributed by atoms with Crippen LogP contribution in [-0.2, 0) is 16.1 Å². The summed E-state index contributed by atoms with van der Waals surface area (Å²) in [6, 6.07) is 7.98. The number of hydrogen-bond donors (Lipinski definition) is 1. The highest BCUT2D eigenvalue weighted by molar-refractivity contribution is 6.30. The van der Waals surface area contributed by atoms with E-state index in [-0.39, 0.29) is 5.91 Å². The van der Waals surface area contributed by atoms with E-state index in [0.29, 0.717) is 19.7 Å². The van der Waals surface area contributed by atoms with E-state index in [9.17, 15) is 4.79 Å². The maximum absolute atomic E-state index is 12.2. The molecule has 0 spiro atoms. The summed E-state index contributed by atoms with van der Waals surface area (Å²) in [6.07, 6.45) is 1.01. The molecule has 0 aliphatic carbocycles. The molecular weight excluding hydrogens is 314 g/mol. The molecule has 1 heterocycles. The first-order chi connectivity index (χ1) is 11.2. The lowest BCUT2D eigenvalue weighted by Crippen LogP contribution is -2.41. The van der Waals surface area contributed by atoms with Gasteiger partial charge in [0.25, 0.3) is 0 Å². The molecule has 1 aliphatic rings. The number of methoxy groups -OCH3 is 1. The Morgan fingerprint density at radius 1 is 1.22 bits per heavy atom. The van der Waals surface area contributed by atoms with Crippen LogP contribution in [0.25, 0.3) is 0 Å². The molecule has 0 unspecified atom stereocenters. The zero-order valence-electron chi connectivity index (χ0n) is 13.8. The van der Waals surface area contributed by atoms with Crippen LogP contribution in [0.5, 0.6) is 0 Å². The number of rotatable bonds is 7. The van der Waals surface area contributed by atoms with Crippen molar-refractivity contribution in [3.05, 3.63) is 34.9 Å². The number of halogens is 1. The SMILES string of the molecule is COCCNCC(=O)N1CCCN(Cc2ccc(Cl)cc2)CC1. The first kappa shape index (κ1) is 18.2. The second-order valence-electron chi connectivity index (χ2n) is 5.81. The highest BCUT2D eigenvalue weighted by Crippen LogP contribution is 2.13. The fourth-order valence-electron chi connectivity index (χ4n) is 2.71. The van der Waals surface area contributed by atoms with Crippen molar-refractivity contribution in [2.45, 2.75) is 13.0 Å². The van der Waals surface area contributed by atoms with E-state index in [2.05, 4.69) is 22.3 Å². The number of ether oxygens (including phenoxy) is 1. The Morgan fingerprint density at radius 2 is 2.00 bits per heavy atom. The maximum Gasteiger partial charge on any atom is 0.236 e. The Labute approximate surface area is 143 Å². The van der Waals surface area contributed by atoms with Gasteiger partial charge in [-0.15, -0.1) is 0 Å². The fraction of sp³-hybridized carbons (Fsp3) is 0.588. The van der Waals surface area contributed by atoms with E-state index in [1.165, 1.54) is 5.56 Å². The Balaban J connectivity index is 1.75. The van der Waals surface area contributed by atoms with Gasteiger partial charge in [-0.1, -0.05) is 23.7 Å². The Bertz CT molecular complexity index is 481. The van der Waals surface area contributed by atoms with Crippen molar-refractivity contribution in [2.75, 3.05) is 53.0 Å². The van der Waals surface area contributed by atoms with Crippen molar-refractivity contribution < 1.29 is 9.53 Å². The normalized spacial score (nSPS) is 16.3. The number of carbonyl (C=O) groups excluding carboxylic acids is 1. The van der Waals surface area contributed by atoms with Crippen LogP contribution in [0.4, 0.5) is 0 Å². The van der Waals surface area contributed by atoms with Gasteiger partial charge in [0.2, 0.25) is 5.91 Å². The standard InChI is InChI=1S/C17H26ClN3O2/c1-23-12-7-19-13-17(22)21-9-2-8-20(10-11-21)14-15-3-5-16(18)6-4-15/h3-6,19H,2,7-14H2,1H3. The smallest absolute Gasteiger partial charge is 0.236 e. The van der Waals surface area contributed by atoms with Gasteiger partial charge in [0.1, 0.15) is 0 Å². The first-order valence-electron chi connectivity index (χ1n) is 8.13. The van der Waals surface area contributed by atoms with E-state index < -0.39 is 0 Å². The topological polar surface area (TPSA) is 44.8 Å². The molecular formula is C17H26ClN3O2. The average Bonchev–Trinajstić information content (AvgIpc) is 2.79. The summed E-state index contributed by atoms with van der Waals surface area (Å²) in [6.45, 7) is 6.18. The third kappa shape index (κ3) is 6.47. The molecule has 2 rings (SSSR count). The number of nitrogens with zero attached hydrogens (tertiary/aromatic N) is 2. The first-order valence-corrected chi connectivity index (χ1v) is 8.51. The fourth-order valence-corrected chi connectivity index (χ4v) is 2.83. The maximum atomic E-state index is 12.2. The molecule has 1 amide bonds.